The molecule has 0 fully saturated rings. The highest BCUT2D eigenvalue weighted by molar-refractivity contribution is 5.85. The third-order valence-electron chi connectivity index (χ3n) is 2.68. The summed E-state index contributed by atoms with van der Waals surface area (Å²) in [4.78, 5) is 46.3. The van der Waals surface area contributed by atoms with Crippen LogP contribution < -0.4 is 0 Å². The molecule has 0 aromatic rings. The van der Waals surface area contributed by atoms with Crippen LogP contribution in [0.25, 0.3) is 0 Å². The van der Waals surface area contributed by atoms with E-state index in [1.54, 1.807) is 0 Å². The average molecular weight is 331 g/mol. The van der Waals surface area contributed by atoms with Gasteiger partial charge in [0.05, 0.1) is 12.5 Å². The summed E-state index contributed by atoms with van der Waals surface area (Å²) in [5, 5.41) is 0. The first kappa shape index (κ1) is 20.9. The van der Waals surface area contributed by atoms with Gasteiger partial charge in [0.25, 0.3) is 0 Å². The number of rotatable bonds is 9. The van der Waals surface area contributed by atoms with Crippen molar-refractivity contribution in [3.8, 4) is 0 Å². The molecule has 23 heavy (non-hydrogen) atoms. The molecule has 0 aliphatic carbocycles. The van der Waals surface area contributed by atoms with Crippen molar-refractivity contribution >= 4 is 24.4 Å². The third-order valence-corrected chi connectivity index (χ3v) is 2.68. The van der Waals surface area contributed by atoms with Gasteiger partial charge in [0.2, 0.25) is 0 Å². The molecular weight excluding hydrogens is 308 g/mol. The number of esters is 3. The first-order valence-electron chi connectivity index (χ1n) is 7.21. The van der Waals surface area contributed by atoms with Crippen LogP contribution >= 0.6 is 0 Å². The minimum Gasteiger partial charge on any atom is -0.460 e. The zero-order valence-corrected chi connectivity index (χ0v) is 14.1. The Morgan fingerprint density at radius 3 is 2.04 bits per heavy atom. The largest absolute Gasteiger partial charge is 0.530 e. The molecule has 0 aliphatic heterocycles. The van der Waals surface area contributed by atoms with Crippen LogP contribution in [0.4, 0.5) is 0 Å². The lowest BCUT2D eigenvalue weighted by Crippen LogP contribution is -2.51. The normalized spacial score (nSPS) is 13.4. The number of ether oxygens (including phenoxy) is 4. The highest BCUT2D eigenvalue weighted by atomic mass is 16.9. The molecule has 1 radical (unpaired) electrons. The molecule has 0 aromatic heterocycles. The minimum atomic E-state index is -2.93. The van der Waals surface area contributed by atoms with Crippen molar-refractivity contribution in [3.05, 3.63) is 0 Å². The number of hydrogen-bond acceptors (Lipinski definition) is 8. The van der Waals surface area contributed by atoms with Gasteiger partial charge in [-0.05, 0) is 27.2 Å². The fourth-order valence-corrected chi connectivity index (χ4v) is 1.36. The summed E-state index contributed by atoms with van der Waals surface area (Å²) in [6.07, 6.45) is 2.10. The first-order valence-corrected chi connectivity index (χ1v) is 7.21. The summed E-state index contributed by atoms with van der Waals surface area (Å²) in [6.45, 7) is 7.41. The third kappa shape index (κ3) is 6.66. The molecule has 0 aromatic carbocycles. The second kappa shape index (κ2) is 9.12. The van der Waals surface area contributed by atoms with Gasteiger partial charge in [0.1, 0.15) is 0 Å². The van der Waals surface area contributed by atoms with Crippen molar-refractivity contribution in [2.75, 3.05) is 7.11 Å². The van der Waals surface area contributed by atoms with Crippen molar-refractivity contribution < 1.29 is 38.1 Å². The molecule has 0 N–H and O–H groups in total. The van der Waals surface area contributed by atoms with E-state index in [9.17, 15) is 19.2 Å². The van der Waals surface area contributed by atoms with E-state index in [4.69, 9.17) is 9.47 Å². The Kier molecular flexibility index (Phi) is 8.28. The number of carbonyl (C=O) groups excluding carboxylic acids is 4. The molecule has 0 amide bonds. The number of methoxy groups -OCH3 is 1. The Morgan fingerprint density at radius 2 is 1.61 bits per heavy atom. The quantitative estimate of drug-likeness (QED) is 0.356. The molecule has 0 rings (SSSR count). The first-order chi connectivity index (χ1) is 10.6. The van der Waals surface area contributed by atoms with Crippen molar-refractivity contribution in [1.29, 1.82) is 0 Å². The van der Waals surface area contributed by atoms with Crippen LogP contribution in [0.3, 0.4) is 0 Å². The highest BCUT2D eigenvalue weighted by Gasteiger charge is 2.54. The van der Waals surface area contributed by atoms with Crippen LogP contribution in [-0.2, 0) is 38.1 Å². The topological polar surface area (TPSA) is 105 Å². The molecular formula is C15H23O8. The number of unbranched alkanes of at least 4 members (excludes halogenated alkanes) is 2. The van der Waals surface area contributed by atoms with Gasteiger partial charge < -0.3 is 18.9 Å². The minimum absolute atomic E-state index is 0.0398. The lowest BCUT2D eigenvalue weighted by atomic mass is 9.97. The fourth-order valence-electron chi connectivity index (χ4n) is 1.36. The molecule has 8 heteroatoms. The summed E-state index contributed by atoms with van der Waals surface area (Å²) in [6, 6.07) is 0. The summed E-state index contributed by atoms with van der Waals surface area (Å²) in [5.41, 5.74) is -1.04. The van der Waals surface area contributed by atoms with E-state index in [-0.39, 0.29) is 6.42 Å². The van der Waals surface area contributed by atoms with E-state index in [1.165, 1.54) is 20.8 Å². The summed E-state index contributed by atoms with van der Waals surface area (Å²) >= 11 is 0. The van der Waals surface area contributed by atoms with E-state index in [0.29, 0.717) is 6.42 Å². The monoisotopic (exact) mass is 331 g/mol. The van der Waals surface area contributed by atoms with Gasteiger partial charge in [-0.15, -0.1) is 0 Å². The Labute approximate surface area is 135 Å². The smallest absolute Gasteiger partial charge is 0.460 e. The van der Waals surface area contributed by atoms with E-state index in [0.717, 1.165) is 26.4 Å². The SMILES string of the molecule is CCCCCC(=O)OC(O[C]=O)(OC(=O)C(C)(C)C)C(=O)OC. The molecule has 8 nitrogen and oxygen atoms in total. The molecule has 1 atom stereocenters. The van der Waals surface area contributed by atoms with Crippen LogP contribution in [0.15, 0.2) is 0 Å². The van der Waals surface area contributed by atoms with Crippen LogP contribution in [0.1, 0.15) is 53.4 Å². The maximum Gasteiger partial charge on any atom is 0.530 e. The Balaban J connectivity index is 5.33. The molecule has 0 aliphatic rings. The van der Waals surface area contributed by atoms with Gasteiger partial charge in [-0.1, -0.05) is 19.8 Å². The van der Waals surface area contributed by atoms with E-state index < -0.39 is 29.3 Å². The number of carbonyl (C=O) groups is 3. The molecule has 0 spiro atoms. The van der Waals surface area contributed by atoms with Crippen molar-refractivity contribution in [2.24, 2.45) is 5.41 Å². The maximum absolute atomic E-state index is 12.0. The molecule has 0 bridgehead atoms. The molecule has 1 unspecified atom stereocenters. The second-order valence-electron chi connectivity index (χ2n) is 5.80. The zero-order chi connectivity index (χ0) is 18.1. The Morgan fingerprint density at radius 1 is 1.00 bits per heavy atom. The van der Waals surface area contributed by atoms with Crippen molar-refractivity contribution in [2.45, 2.75) is 59.4 Å². The summed E-state index contributed by atoms with van der Waals surface area (Å²) in [5.74, 6) is -6.09. The Bertz CT molecular complexity index is 437. The summed E-state index contributed by atoms with van der Waals surface area (Å²) < 4.78 is 18.4. The van der Waals surface area contributed by atoms with E-state index in [1.807, 2.05) is 6.92 Å². The van der Waals surface area contributed by atoms with E-state index >= 15 is 0 Å². The second-order valence-corrected chi connectivity index (χ2v) is 5.80. The van der Waals surface area contributed by atoms with E-state index in [2.05, 4.69) is 9.47 Å². The molecule has 0 heterocycles. The number of hydrogen-bond donors (Lipinski definition) is 0. The van der Waals surface area contributed by atoms with Gasteiger partial charge in [-0.2, -0.15) is 0 Å². The van der Waals surface area contributed by atoms with Gasteiger partial charge in [0.15, 0.2) is 0 Å². The van der Waals surface area contributed by atoms with Crippen molar-refractivity contribution in [1.82, 2.24) is 0 Å². The maximum atomic E-state index is 12.0. The van der Waals surface area contributed by atoms with Gasteiger partial charge in [-0.25, -0.2) is 9.59 Å². The predicted octanol–water partition coefficient (Wildman–Crippen LogP) is 1.61. The standard InChI is InChI=1S/C15H23O8/c1-6-7-8-9-11(17)22-15(21-10-16,13(19)20-5)23-12(18)14(2,3)4/h6-9H2,1-5H3. The molecule has 131 valence electrons. The average Bonchev–Trinajstić information content (AvgIpc) is 2.45. The highest BCUT2D eigenvalue weighted by Crippen LogP contribution is 2.25. The van der Waals surface area contributed by atoms with Gasteiger partial charge in [0, 0.05) is 6.42 Å². The van der Waals surface area contributed by atoms with Crippen molar-refractivity contribution in [3.63, 3.8) is 0 Å². The van der Waals surface area contributed by atoms with Gasteiger partial charge >= 0.3 is 30.4 Å². The zero-order valence-electron chi connectivity index (χ0n) is 14.1. The Hall–Kier alpha value is -2.12. The fraction of sp³-hybridized carbons (Fsp3) is 0.733. The van der Waals surface area contributed by atoms with Crippen LogP contribution in [-0.4, -0.2) is 37.5 Å². The predicted molar refractivity (Wildman–Crippen MR) is 77.3 cm³/mol. The van der Waals surface area contributed by atoms with Crippen LogP contribution in [0.2, 0.25) is 0 Å². The molecule has 0 saturated heterocycles. The van der Waals surface area contributed by atoms with Crippen LogP contribution in [0.5, 0.6) is 0 Å². The summed E-state index contributed by atoms with van der Waals surface area (Å²) in [7, 11) is 0.959. The van der Waals surface area contributed by atoms with Gasteiger partial charge in [-0.3, -0.25) is 9.59 Å². The van der Waals surface area contributed by atoms with Crippen LogP contribution in [0, 0.1) is 5.41 Å². The molecule has 0 saturated carbocycles. The lowest BCUT2D eigenvalue weighted by molar-refractivity contribution is -0.311. The lowest BCUT2D eigenvalue weighted by Gasteiger charge is -2.29.